The minimum absolute atomic E-state index is 0.199. The number of sulfone groups is 1. The zero-order chi connectivity index (χ0) is 15.7. The summed E-state index contributed by atoms with van der Waals surface area (Å²) in [6, 6.07) is 5.15. The lowest BCUT2D eigenvalue weighted by molar-refractivity contribution is 0.284. The van der Waals surface area contributed by atoms with E-state index in [-0.39, 0.29) is 11.5 Å². The van der Waals surface area contributed by atoms with Crippen LogP contribution in [-0.2, 0) is 16.4 Å². The Morgan fingerprint density at radius 2 is 1.73 bits per heavy atom. The average Bonchev–Trinajstić information content (AvgIpc) is 2.89. The minimum atomic E-state index is -2.87. The van der Waals surface area contributed by atoms with E-state index in [1.54, 1.807) is 29.1 Å². The van der Waals surface area contributed by atoms with Gasteiger partial charge in [-0.05, 0) is 18.2 Å². The van der Waals surface area contributed by atoms with Crippen molar-refractivity contribution >= 4 is 33.0 Å². The predicted molar refractivity (Wildman–Crippen MR) is 85.3 cm³/mol. The molecule has 0 radical (unpaired) electrons. The fourth-order valence-corrected chi connectivity index (χ4v) is 4.10. The van der Waals surface area contributed by atoms with Crippen LogP contribution in [0.25, 0.3) is 5.69 Å². The van der Waals surface area contributed by atoms with E-state index in [1.165, 1.54) is 0 Å². The molecule has 3 rings (SSSR count). The van der Waals surface area contributed by atoms with Gasteiger partial charge >= 0.3 is 0 Å². The van der Waals surface area contributed by atoms with E-state index in [1.807, 2.05) is 0 Å². The second-order valence-corrected chi connectivity index (χ2v) is 8.39. The topological polar surface area (TPSA) is 68.1 Å². The molecule has 0 saturated carbocycles. The number of nitrogens with zero attached hydrogens (tertiary/aromatic N) is 4. The molecule has 2 aromatic rings. The molecule has 1 aromatic heterocycles. The number of aromatic nitrogens is 3. The number of halogens is 2. The van der Waals surface area contributed by atoms with Gasteiger partial charge in [0.2, 0.25) is 0 Å². The summed E-state index contributed by atoms with van der Waals surface area (Å²) < 4.78 is 24.4. The average molecular weight is 361 g/mol. The molecule has 6 nitrogen and oxygen atoms in total. The van der Waals surface area contributed by atoms with Gasteiger partial charge in [0.1, 0.15) is 0 Å². The number of benzene rings is 1. The molecule has 1 saturated heterocycles. The lowest BCUT2D eigenvalue weighted by atomic mass is 10.3. The number of hydrogen-bond donors (Lipinski definition) is 0. The molecule has 22 heavy (non-hydrogen) atoms. The van der Waals surface area contributed by atoms with Crippen molar-refractivity contribution in [3.63, 3.8) is 0 Å². The van der Waals surface area contributed by atoms with Gasteiger partial charge in [-0.1, -0.05) is 28.4 Å². The molecule has 1 fully saturated rings. The van der Waals surface area contributed by atoms with Gasteiger partial charge < -0.3 is 0 Å². The third-order valence-corrected chi connectivity index (χ3v) is 5.52. The summed E-state index contributed by atoms with van der Waals surface area (Å²) in [6.07, 6.45) is 1.80. The molecule has 0 unspecified atom stereocenters. The van der Waals surface area contributed by atoms with Crippen molar-refractivity contribution in [2.45, 2.75) is 6.54 Å². The summed E-state index contributed by atoms with van der Waals surface area (Å²) in [5, 5.41) is 9.24. The van der Waals surface area contributed by atoms with E-state index in [0.29, 0.717) is 29.7 Å². The maximum Gasteiger partial charge on any atom is 0.152 e. The Balaban J connectivity index is 1.71. The molecule has 0 bridgehead atoms. The standard InChI is InChI=1S/C13H14Cl2N4O2S/c14-10-5-11(15)7-13(6-10)19-9-12(16-17-19)8-18-1-3-22(20,21)4-2-18/h5-7,9H,1-4,8H2. The second kappa shape index (κ2) is 6.16. The maximum atomic E-state index is 11.4. The highest BCUT2D eigenvalue weighted by Gasteiger charge is 2.22. The number of hydrogen-bond acceptors (Lipinski definition) is 5. The molecule has 118 valence electrons. The Kier molecular flexibility index (Phi) is 4.40. The van der Waals surface area contributed by atoms with Gasteiger partial charge in [-0.25, -0.2) is 13.1 Å². The van der Waals surface area contributed by atoms with Crippen LogP contribution in [0.5, 0.6) is 0 Å². The molecule has 2 heterocycles. The molecule has 1 aliphatic rings. The van der Waals surface area contributed by atoms with Crippen molar-refractivity contribution in [2.24, 2.45) is 0 Å². The minimum Gasteiger partial charge on any atom is -0.295 e. The monoisotopic (exact) mass is 360 g/mol. The molecule has 9 heteroatoms. The van der Waals surface area contributed by atoms with Crippen LogP contribution in [0.3, 0.4) is 0 Å². The SMILES string of the molecule is O=S1(=O)CCN(Cc2cn(-c3cc(Cl)cc(Cl)c3)nn2)CC1. The van der Waals surface area contributed by atoms with Crippen LogP contribution < -0.4 is 0 Å². The lowest BCUT2D eigenvalue weighted by Gasteiger charge is -2.25. The van der Waals surface area contributed by atoms with Crippen molar-refractivity contribution in [3.8, 4) is 5.69 Å². The molecule has 0 amide bonds. The summed E-state index contributed by atoms with van der Waals surface area (Å²) in [7, 11) is -2.87. The largest absolute Gasteiger partial charge is 0.295 e. The Morgan fingerprint density at radius 3 is 2.36 bits per heavy atom. The van der Waals surface area contributed by atoms with E-state index in [2.05, 4.69) is 15.2 Å². The Bertz CT molecular complexity index is 757. The van der Waals surface area contributed by atoms with Crippen LogP contribution in [0.4, 0.5) is 0 Å². The molecule has 0 atom stereocenters. The fraction of sp³-hybridized carbons (Fsp3) is 0.385. The molecule has 0 aliphatic carbocycles. The summed E-state index contributed by atoms with van der Waals surface area (Å²) >= 11 is 12.0. The van der Waals surface area contributed by atoms with E-state index < -0.39 is 9.84 Å². The zero-order valence-corrected chi connectivity index (χ0v) is 13.9. The van der Waals surface area contributed by atoms with E-state index in [4.69, 9.17) is 23.2 Å². The zero-order valence-electron chi connectivity index (χ0n) is 11.6. The lowest BCUT2D eigenvalue weighted by Crippen LogP contribution is -2.39. The van der Waals surface area contributed by atoms with Crippen LogP contribution in [0.15, 0.2) is 24.4 Å². The van der Waals surface area contributed by atoms with E-state index >= 15 is 0 Å². The van der Waals surface area contributed by atoms with E-state index in [0.717, 1.165) is 11.4 Å². The van der Waals surface area contributed by atoms with Crippen molar-refractivity contribution in [2.75, 3.05) is 24.6 Å². The van der Waals surface area contributed by atoms with Gasteiger partial charge in [0.25, 0.3) is 0 Å². The first-order valence-electron chi connectivity index (χ1n) is 6.72. The van der Waals surface area contributed by atoms with Crippen LogP contribution in [0.2, 0.25) is 10.0 Å². The highest BCUT2D eigenvalue weighted by atomic mass is 35.5. The first kappa shape index (κ1) is 15.7. The summed E-state index contributed by atoms with van der Waals surface area (Å²) in [6.45, 7) is 1.63. The maximum absolute atomic E-state index is 11.4. The van der Waals surface area contributed by atoms with Crippen LogP contribution in [-0.4, -0.2) is 52.9 Å². The third-order valence-electron chi connectivity index (χ3n) is 3.48. The van der Waals surface area contributed by atoms with Crippen molar-refractivity contribution in [1.29, 1.82) is 0 Å². The molecule has 1 aromatic carbocycles. The second-order valence-electron chi connectivity index (χ2n) is 5.21. The highest BCUT2D eigenvalue weighted by Crippen LogP contribution is 2.21. The molecular weight excluding hydrogens is 347 g/mol. The first-order valence-corrected chi connectivity index (χ1v) is 9.29. The van der Waals surface area contributed by atoms with Crippen molar-refractivity contribution in [1.82, 2.24) is 19.9 Å². The summed E-state index contributed by atoms with van der Waals surface area (Å²) in [4.78, 5) is 2.06. The Labute approximate surface area is 138 Å². The Hall–Kier alpha value is -1.15. The molecule has 0 N–H and O–H groups in total. The van der Waals surface area contributed by atoms with Crippen molar-refractivity contribution in [3.05, 3.63) is 40.1 Å². The van der Waals surface area contributed by atoms with Gasteiger partial charge in [-0.3, -0.25) is 4.90 Å². The molecule has 1 aliphatic heterocycles. The number of rotatable bonds is 3. The summed E-state index contributed by atoms with van der Waals surface area (Å²) in [5.74, 6) is 0.399. The summed E-state index contributed by atoms with van der Waals surface area (Å²) in [5.41, 5.74) is 1.51. The van der Waals surface area contributed by atoms with Gasteiger partial charge in [0, 0.05) is 29.7 Å². The van der Waals surface area contributed by atoms with Gasteiger partial charge in [0.15, 0.2) is 9.84 Å². The smallest absolute Gasteiger partial charge is 0.152 e. The van der Waals surface area contributed by atoms with Gasteiger partial charge in [0.05, 0.1) is 29.1 Å². The fourth-order valence-electron chi connectivity index (χ4n) is 2.31. The van der Waals surface area contributed by atoms with Crippen molar-refractivity contribution < 1.29 is 8.42 Å². The Morgan fingerprint density at radius 1 is 1.09 bits per heavy atom. The van der Waals surface area contributed by atoms with Gasteiger partial charge in [-0.15, -0.1) is 5.10 Å². The quantitative estimate of drug-likeness (QED) is 0.834. The third kappa shape index (κ3) is 3.78. The molecular formula is C13H14Cl2N4O2S. The van der Waals surface area contributed by atoms with Crippen LogP contribution in [0.1, 0.15) is 5.69 Å². The highest BCUT2D eigenvalue weighted by molar-refractivity contribution is 7.91. The first-order chi connectivity index (χ1) is 10.4. The predicted octanol–water partition coefficient (Wildman–Crippen LogP) is 1.80. The van der Waals surface area contributed by atoms with Crippen LogP contribution >= 0.6 is 23.2 Å². The van der Waals surface area contributed by atoms with E-state index in [9.17, 15) is 8.42 Å². The normalized spacial score (nSPS) is 18.5. The van der Waals surface area contributed by atoms with Crippen LogP contribution in [0, 0.1) is 0 Å². The molecule has 0 spiro atoms. The van der Waals surface area contributed by atoms with Gasteiger partial charge in [-0.2, -0.15) is 0 Å².